The second kappa shape index (κ2) is 8.64. The van der Waals surface area contributed by atoms with Crippen molar-refractivity contribution >= 4 is 40.0 Å². The van der Waals surface area contributed by atoms with Crippen LogP contribution in [0.3, 0.4) is 0 Å². The molecule has 1 heterocycles. The fraction of sp³-hybridized carbons (Fsp3) is 0.250. The van der Waals surface area contributed by atoms with Crippen molar-refractivity contribution < 1.29 is 9.21 Å². The van der Waals surface area contributed by atoms with Crippen LogP contribution in [0.2, 0.25) is 0 Å². The molecule has 0 atom stereocenters. The van der Waals surface area contributed by atoms with Crippen molar-refractivity contribution in [2.75, 3.05) is 5.32 Å². The Kier molecular flexibility index (Phi) is 6.03. The first-order valence-electron chi connectivity index (χ1n) is 8.81. The largest absolute Gasteiger partial charge is 0.441 e. The standard InChI is InChI=1S/C20H22N4O2S/c1-13(2)14-7-9-15(10-8-14)21-20(27)24-23-18(25)11-12-19-22-16-5-3-4-6-17(16)26-19/h3-10,13H,11-12H2,1-2H3,(H,23,25)(H2,21,24,27). The number of aromatic nitrogens is 1. The molecule has 0 radical (unpaired) electrons. The molecule has 0 saturated carbocycles. The van der Waals surface area contributed by atoms with Crippen LogP contribution in [0, 0.1) is 0 Å². The first-order valence-corrected chi connectivity index (χ1v) is 9.22. The van der Waals surface area contributed by atoms with E-state index in [0.717, 1.165) is 16.8 Å². The van der Waals surface area contributed by atoms with Gasteiger partial charge >= 0.3 is 0 Å². The second-order valence-corrected chi connectivity index (χ2v) is 6.89. The van der Waals surface area contributed by atoms with Gasteiger partial charge in [-0.25, -0.2) is 4.98 Å². The number of anilines is 1. The topological polar surface area (TPSA) is 79.2 Å². The number of nitrogens with one attached hydrogen (secondary N) is 3. The SMILES string of the molecule is CC(C)c1ccc(NC(=S)NNC(=O)CCc2nc3ccccc3o2)cc1. The minimum atomic E-state index is -0.198. The predicted molar refractivity (Wildman–Crippen MR) is 110 cm³/mol. The van der Waals surface area contributed by atoms with Gasteiger partial charge in [0.15, 0.2) is 16.6 Å². The molecule has 7 heteroatoms. The molecule has 0 spiro atoms. The minimum absolute atomic E-state index is 0.198. The zero-order chi connectivity index (χ0) is 19.2. The molecule has 3 N–H and O–H groups in total. The molecule has 0 aliphatic carbocycles. The molecule has 27 heavy (non-hydrogen) atoms. The van der Waals surface area contributed by atoms with Gasteiger partial charge in [-0.15, -0.1) is 0 Å². The first-order chi connectivity index (χ1) is 13.0. The van der Waals surface area contributed by atoms with Crippen LogP contribution in [-0.4, -0.2) is 16.0 Å². The number of hydrogen-bond donors (Lipinski definition) is 3. The number of carbonyl (C=O) groups is 1. The van der Waals surface area contributed by atoms with Gasteiger partial charge in [0, 0.05) is 18.5 Å². The molecule has 0 saturated heterocycles. The van der Waals surface area contributed by atoms with Crippen LogP contribution in [0.1, 0.15) is 37.6 Å². The van der Waals surface area contributed by atoms with Gasteiger partial charge in [0.1, 0.15) is 5.52 Å². The third-order valence-corrected chi connectivity index (χ3v) is 4.26. The van der Waals surface area contributed by atoms with Gasteiger partial charge in [-0.1, -0.05) is 38.1 Å². The molecule has 0 aliphatic heterocycles. The highest BCUT2D eigenvalue weighted by atomic mass is 32.1. The highest BCUT2D eigenvalue weighted by molar-refractivity contribution is 7.80. The van der Waals surface area contributed by atoms with Crippen molar-refractivity contribution in [3.05, 3.63) is 60.0 Å². The van der Waals surface area contributed by atoms with E-state index in [1.165, 1.54) is 5.56 Å². The van der Waals surface area contributed by atoms with Gasteiger partial charge in [0.25, 0.3) is 0 Å². The number of thiocarbonyl (C=S) groups is 1. The normalized spacial score (nSPS) is 10.8. The number of benzene rings is 2. The summed E-state index contributed by atoms with van der Waals surface area (Å²) in [6.45, 7) is 4.29. The zero-order valence-electron chi connectivity index (χ0n) is 15.3. The Morgan fingerprint density at radius 1 is 1.11 bits per heavy atom. The van der Waals surface area contributed by atoms with Crippen molar-refractivity contribution in [1.29, 1.82) is 0 Å². The first kappa shape index (κ1) is 18.8. The van der Waals surface area contributed by atoms with Crippen LogP contribution in [0.25, 0.3) is 11.1 Å². The average Bonchev–Trinajstić information content (AvgIpc) is 3.08. The number of hydrazine groups is 1. The zero-order valence-corrected chi connectivity index (χ0v) is 16.1. The maximum Gasteiger partial charge on any atom is 0.238 e. The molecule has 2 aromatic carbocycles. The van der Waals surface area contributed by atoms with Gasteiger partial charge in [-0.2, -0.15) is 0 Å². The summed E-state index contributed by atoms with van der Waals surface area (Å²) in [6.07, 6.45) is 0.657. The minimum Gasteiger partial charge on any atom is -0.441 e. The third kappa shape index (κ3) is 5.27. The molecule has 0 unspecified atom stereocenters. The number of aryl methyl sites for hydroxylation is 1. The number of carbonyl (C=O) groups excluding carboxylic acids is 1. The Morgan fingerprint density at radius 2 is 1.85 bits per heavy atom. The molecule has 3 rings (SSSR count). The second-order valence-electron chi connectivity index (χ2n) is 6.48. The fourth-order valence-electron chi connectivity index (χ4n) is 2.55. The average molecular weight is 382 g/mol. The summed E-state index contributed by atoms with van der Waals surface area (Å²) in [5.41, 5.74) is 8.90. The van der Waals surface area contributed by atoms with Crippen molar-refractivity contribution in [2.45, 2.75) is 32.6 Å². The van der Waals surface area contributed by atoms with E-state index in [9.17, 15) is 4.79 Å². The van der Waals surface area contributed by atoms with Crippen LogP contribution < -0.4 is 16.2 Å². The van der Waals surface area contributed by atoms with E-state index in [1.807, 2.05) is 36.4 Å². The lowest BCUT2D eigenvalue weighted by atomic mass is 10.0. The number of amides is 1. The number of oxazole rings is 1. The highest BCUT2D eigenvalue weighted by Gasteiger charge is 2.08. The summed E-state index contributed by atoms with van der Waals surface area (Å²) in [5.74, 6) is 0.818. The number of hydrogen-bond acceptors (Lipinski definition) is 4. The van der Waals surface area contributed by atoms with Gasteiger partial charge < -0.3 is 9.73 Å². The summed E-state index contributed by atoms with van der Waals surface area (Å²) in [7, 11) is 0. The van der Waals surface area contributed by atoms with E-state index in [-0.39, 0.29) is 12.3 Å². The smallest absolute Gasteiger partial charge is 0.238 e. The van der Waals surface area contributed by atoms with Crippen LogP contribution in [-0.2, 0) is 11.2 Å². The lowest BCUT2D eigenvalue weighted by Gasteiger charge is -2.12. The fourth-order valence-corrected chi connectivity index (χ4v) is 2.72. The molecule has 0 bridgehead atoms. The lowest BCUT2D eigenvalue weighted by Crippen LogP contribution is -2.43. The summed E-state index contributed by atoms with van der Waals surface area (Å²) in [5, 5.41) is 3.35. The van der Waals surface area contributed by atoms with Gasteiger partial charge in [-0.05, 0) is 48.0 Å². The number of fused-ring (bicyclic) bond motifs is 1. The number of rotatable bonds is 5. The Bertz CT molecular complexity index is 902. The van der Waals surface area contributed by atoms with Gasteiger partial charge in [-0.3, -0.25) is 15.6 Å². The van der Waals surface area contributed by atoms with Gasteiger partial charge in [0.2, 0.25) is 5.91 Å². The summed E-state index contributed by atoms with van der Waals surface area (Å²) < 4.78 is 5.60. The van der Waals surface area contributed by atoms with E-state index in [2.05, 4.69) is 47.1 Å². The maximum absolute atomic E-state index is 12.0. The highest BCUT2D eigenvalue weighted by Crippen LogP contribution is 2.17. The molecule has 3 aromatic rings. The molecule has 6 nitrogen and oxygen atoms in total. The van der Waals surface area contributed by atoms with E-state index in [4.69, 9.17) is 16.6 Å². The maximum atomic E-state index is 12.0. The van der Waals surface area contributed by atoms with Crippen LogP contribution in [0.4, 0.5) is 5.69 Å². The van der Waals surface area contributed by atoms with Crippen LogP contribution >= 0.6 is 12.2 Å². The van der Waals surface area contributed by atoms with E-state index in [0.29, 0.717) is 23.3 Å². The molecular weight excluding hydrogens is 360 g/mol. The molecule has 0 aliphatic rings. The monoisotopic (exact) mass is 382 g/mol. The Hall–Kier alpha value is -2.93. The lowest BCUT2D eigenvalue weighted by molar-refractivity contribution is -0.121. The van der Waals surface area contributed by atoms with Crippen LogP contribution in [0.15, 0.2) is 52.9 Å². The van der Waals surface area contributed by atoms with Crippen molar-refractivity contribution in [2.24, 2.45) is 0 Å². The van der Waals surface area contributed by atoms with Crippen LogP contribution in [0.5, 0.6) is 0 Å². The van der Waals surface area contributed by atoms with Crippen molar-refractivity contribution in [3.8, 4) is 0 Å². The summed E-state index contributed by atoms with van der Waals surface area (Å²) in [6, 6.07) is 15.5. The number of para-hydroxylation sites is 2. The Balaban J connectivity index is 1.42. The Labute approximate surface area is 163 Å². The van der Waals surface area contributed by atoms with E-state index < -0.39 is 0 Å². The molecule has 1 aromatic heterocycles. The van der Waals surface area contributed by atoms with E-state index >= 15 is 0 Å². The summed E-state index contributed by atoms with van der Waals surface area (Å²) >= 11 is 5.19. The van der Waals surface area contributed by atoms with Gasteiger partial charge in [0.05, 0.1) is 0 Å². The third-order valence-electron chi connectivity index (χ3n) is 4.05. The van der Waals surface area contributed by atoms with Crippen molar-refractivity contribution in [1.82, 2.24) is 15.8 Å². The predicted octanol–water partition coefficient (Wildman–Crippen LogP) is 3.90. The molecule has 1 amide bonds. The quantitative estimate of drug-likeness (QED) is 0.459. The van der Waals surface area contributed by atoms with Crippen molar-refractivity contribution in [3.63, 3.8) is 0 Å². The molecule has 0 fully saturated rings. The Morgan fingerprint density at radius 3 is 2.56 bits per heavy atom. The van der Waals surface area contributed by atoms with E-state index in [1.54, 1.807) is 0 Å². The molecule has 140 valence electrons. The summed E-state index contributed by atoms with van der Waals surface area (Å²) in [4.78, 5) is 16.3. The molecular formula is C20H22N4O2S. The number of nitrogens with zero attached hydrogens (tertiary/aromatic N) is 1.